The van der Waals surface area contributed by atoms with E-state index in [4.69, 9.17) is 19.0 Å². The van der Waals surface area contributed by atoms with Gasteiger partial charge in [0.1, 0.15) is 5.67 Å². The molecule has 0 spiro atoms. The average Bonchev–Trinajstić information content (AvgIpc) is 2.63. The predicted molar refractivity (Wildman–Crippen MR) is 109 cm³/mol. The van der Waals surface area contributed by atoms with Crippen LogP contribution in [0.15, 0.2) is 0 Å². The van der Waals surface area contributed by atoms with Crippen molar-refractivity contribution in [3.8, 4) is 0 Å². The lowest BCUT2D eigenvalue weighted by atomic mass is 10.3. The number of carbonyl (C=O) groups is 1. The van der Waals surface area contributed by atoms with E-state index in [9.17, 15) is 4.79 Å². The summed E-state index contributed by atoms with van der Waals surface area (Å²) in [5.74, 6) is 0. The van der Waals surface area contributed by atoms with Gasteiger partial charge in [-0.2, -0.15) is 0 Å². The molecule has 1 atom stereocenters. The summed E-state index contributed by atoms with van der Waals surface area (Å²) in [7, 11) is -3.05. The van der Waals surface area contributed by atoms with Gasteiger partial charge in [0.15, 0.2) is 0 Å². The van der Waals surface area contributed by atoms with Crippen LogP contribution >= 0.6 is 0 Å². The Hall–Kier alpha value is -0.633. The van der Waals surface area contributed by atoms with E-state index in [1.165, 1.54) is 0 Å². The Labute approximate surface area is 161 Å². The number of primary amides is 1. The Kier molecular flexibility index (Phi) is 16.1. The first-order valence-corrected chi connectivity index (χ1v) is 12.3. The fourth-order valence-corrected chi connectivity index (χ4v) is 5.70. The second kappa shape index (κ2) is 16.5. The van der Waals surface area contributed by atoms with Crippen molar-refractivity contribution in [1.82, 2.24) is 5.32 Å². The molecule has 0 radical (unpaired) electrons. The Morgan fingerprint density at radius 1 is 0.808 bits per heavy atom. The van der Waals surface area contributed by atoms with E-state index in [1.54, 1.807) is 0 Å². The lowest BCUT2D eigenvalue weighted by Gasteiger charge is -2.35. The maximum absolute atomic E-state index is 11.5. The van der Waals surface area contributed by atoms with Crippen LogP contribution in [-0.2, 0) is 13.3 Å². The third-order valence-corrected chi connectivity index (χ3v) is 7.53. The van der Waals surface area contributed by atoms with Crippen molar-refractivity contribution in [2.75, 3.05) is 19.8 Å². The number of nitrogens with two attached hydrogens (primary N) is 1. The van der Waals surface area contributed by atoms with Gasteiger partial charge in [-0.1, -0.05) is 66.2 Å². The number of urea groups is 1. The van der Waals surface area contributed by atoms with Gasteiger partial charge in [-0.05, 0) is 25.7 Å². The van der Waals surface area contributed by atoms with Gasteiger partial charge in [-0.25, -0.2) is 4.79 Å². The summed E-state index contributed by atoms with van der Waals surface area (Å²) in [5, 5.41) is 2.82. The van der Waals surface area contributed by atoms with Crippen molar-refractivity contribution in [3.63, 3.8) is 0 Å². The monoisotopic (exact) mass is 390 g/mol. The molecule has 0 aromatic carbocycles. The zero-order chi connectivity index (χ0) is 19.7. The maximum Gasteiger partial charge on any atom is 0.524 e. The molecule has 2 amide bonds. The molecule has 0 aromatic heterocycles. The number of hydrogen-bond donors (Lipinski definition) is 2. The maximum atomic E-state index is 11.5. The predicted octanol–water partition coefficient (Wildman–Crippen LogP) is 4.53. The molecule has 0 aliphatic carbocycles. The highest BCUT2D eigenvalue weighted by atomic mass is 28.4. The second-order valence-electron chi connectivity index (χ2n) is 6.74. The van der Waals surface area contributed by atoms with Gasteiger partial charge in [0, 0.05) is 19.8 Å². The molecule has 0 heterocycles. The van der Waals surface area contributed by atoms with Crippen molar-refractivity contribution < 1.29 is 18.1 Å². The Morgan fingerprint density at radius 2 is 1.19 bits per heavy atom. The number of unbranched alkanes of at least 4 members (excludes halogenated alkanes) is 6. The molecule has 0 saturated carbocycles. The first kappa shape index (κ1) is 25.4. The van der Waals surface area contributed by atoms with Crippen LogP contribution in [0.2, 0.25) is 0 Å². The minimum Gasteiger partial charge on any atom is -0.372 e. The molecule has 1 unspecified atom stereocenters. The molecule has 0 bridgehead atoms. The average molecular weight is 391 g/mol. The highest BCUT2D eigenvalue weighted by Crippen LogP contribution is 2.20. The Morgan fingerprint density at radius 3 is 1.46 bits per heavy atom. The molecule has 7 heteroatoms. The molecule has 6 nitrogen and oxygen atoms in total. The second-order valence-corrected chi connectivity index (χ2v) is 9.51. The number of hydrogen-bond acceptors (Lipinski definition) is 4. The van der Waals surface area contributed by atoms with Crippen LogP contribution in [0.1, 0.15) is 91.9 Å². The quantitative estimate of drug-likeness (QED) is 0.266. The fourth-order valence-electron chi connectivity index (χ4n) is 2.74. The van der Waals surface area contributed by atoms with Crippen molar-refractivity contribution in [2.24, 2.45) is 5.73 Å². The normalized spacial score (nSPS) is 12.9. The van der Waals surface area contributed by atoms with Crippen LogP contribution in [0.3, 0.4) is 0 Å². The fraction of sp³-hybridized carbons (Fsp3) is 0.947. The van der Waals surface area contributed by atoms with Crippen molar-refractivity contribution in [3.05, 3.63) is 0 Å². The molecule has 26 heavy (non-hydrogen) atoms. The lowest BCUT2D eigenvalue weighted by Crippen LogP contribution is -2.63. The van der Waals surface area contributed by atoms with Crippen molar-refractivity contribution in [1.29, 1.82) is 0 Å². The van der Waals surface area contributed by atoms with E-state index in [1.807, 2.05) is 6.92 Å². The van der Waals surface area contributed by atoms with Crippen LogP contribution in [0.25, 0.3) is 0 Å². The summed E-state index contributed by atoms with van der Waals surface area (Å²) in [6.45, 7) is 10.3. The number of carbonyl (C=O) groups excluding carboxylic acids is 1. The Bertz CT molecular complexity index is 314. The van der Waals surface area contributed by atoms with Crippen molar-refractivity contribution in [2.45, 2.75) is 97.6 Å². The van der Waals surface area contributed by atoms with E-state index in [0.29, 0.717) is 26.2 Å². The molecule has 0 fully saturated rings. The molecule has 156 valence electrons. The molecular weight excluding hydrogens is 348 g/mol. The van der Waals surface area contributed by atoms with Gasteiger partial charge in [0.2, 0.25) is 0 Å². The molecule has 0 aliphatic rings. The van der Waals surface area contributed by atoms with Gasteiger partial charge in [0.05, 0.1) is 0 Å². The first-order chi connectivity index (χ1) is 12.6. The molecule has 0 rings (SSSR count). The van der Waals surface area contributed by atoms with Crippen LogP contribution < -0.4 is 11.1 Å². The summed E-state index contributed by atoms with van der Waals surface area (Å²) >= 11 is 0. The zero-order valence-corrected chi connectivity index (χ0v) is 18.5. The summed E-state index contributed by atoms with van der Waals surface area (Å²) < 4.78 is 18.8. The third kappa shape index (κ3) is 11.2. The van der Waals surface area contributed by atoms with Gasteiger partial charge in [0.25, 0.3) is 0 Å². The lowest BCUT2D eigenvalue weighted by molar-refractivity contribution is 0.0437. The third-order valence-electron chi connectivity index (χ3n) is 4.30. The van der Waals surface area contributed by atoms with Gasteiger partial charge < -0.3 is 24.3 Å². The highest BCUT2D eigenvalue weighted by molar-refractivity contribution is 6.62. The van der Waals surface area contributed by atoms with Crippen molar-refractivity contribution >= 4 is 14.8 Å². The van der Waals surface area contributed by atoms with Crippen LogP contribution in [0, 0.1) is 0 Å². The van der Waals surface area contributed by atoms with Crippen LogP contribution in [0.5, 0.6) is 0 Å². The van der Waals surface area contributed by atoms with Gasteiger partial charge in [-0.15, -0.1) is 0 Å². The summed E-state index contributed by atoms with van der Waals surface area (Å²) in [6.07, 6.45) is 10.3. The molecule has 3 N–H and O–H groups in total. The first-order valence-electron chi connectivity index (χ1n) is 10.5. The molecule has 0 aromatic rings. The standard InChI is InChI=1S/C19H42N2O4Si/c1-5-9-12-15-23-26(24-16-13-10-6-2,25-17-14-11-7-3)18(8-4)21-19(20)22/h18H,5-17H2,1-4H3,(H3,20,21,22). The minimum atomic E-state index is -3.05. The van der Waals surface area contributed by atoms with E-state index in [2.05, 4.69) is 26.1 Å². The topological polar surface area (TPSA) is 82.8 Å². The summed E-state index contributed by atoms with van der Waals surface area (Å²) in [5.41, 5.74) is 5.10. The van der Waals surface area contributed by atoms with Crippen LogP contribution in [0.4, 0.5) is 4.79 Å². The van der Waals surface area contributed by atoms with Gasteiger partial charge >= 0.3 is 14.8 Å². The largest absolute Gasteiger partial charge is 0.524 e. The number of nitrogens with one attached hydrogen (secondary N) is 1. The van der Waals surface area contributed by atoms with E-state index in [-0.39, 0.29) is 5.67 Å². The summed E-state index contributed by atoms with van der Waals surface area (Å²) in [6, 6.07) is -0.555. The van der Waals surface area contributed by atoms with Crippen LogP contribution in [-0.4, -0.2) is 40.3 Å². The molecule has 0 saturated heterocycles. The van der Waals surface area contributed by atoms with E-state index < -0.39 is 14.8 Å². The number of rotatable bonds is 18. The van der Waals surface area contributed by atoms with Gasteiger partial charge in [-0.3, -0.25) is 0 Å². The SMILES string of the molecule is CCCCCO[Si](OCCCCC)(OCCCCC)C(CC)NC(N)=O. The number of amides is 2. The molecular formula is C19H42N2O4Si. The smallest absolute Gasteiger partial charge is 0.372 e. The Balaban J connectivity index is 5.15. The zero-order valence-electron chi connectivity index (χ0n) is 17.5. The van der Waals surface area contributed by atoms with E-state index >= 15 is 0 Å². The summed E-state index contributed by atoms with van der Waals surface area (Å²) in [4.78, 5) is 11.5. The molecule has 0 aliphatic heterocycles. The van der Waals surface area contributed by atoms with E-state index in [0.717, 1.165) is 57.8 Å². The highest BCUT2D eigenvalue weighted by Gasteiger charge is 2.49. The minimum absolute atomic E-state index is 0.301.